The van der Waals surface area contributed by atoms with Crippen LogP contribution >= 0.6 is 11.6 Å². The van der Waals surface area contributed by atoms with Gasteiger partial charge in [-0.25, -0.2) is 0 Å². The second kappa shape index (κ2) is 4.26. The van der Waals surface area contributed by atoms with E-state index in [0.29, 0.717) is 5.41 Å². The van der Waals surface area contributed by atoms with E-state index >= 15 is 0 Å². The molecule has 0 aliphatic heterocycles. The zero-order valence-electron chi connectivity index (χ0n) is 9.97. The van der Waals surface area contributed by atoms with Gasteiger partial charge in [-0.05, 0) is 62.7 Å². The first-order valence-corrected chi connectivity index (χ1v) is 7.39. The van der Waals surface area contributed by atoms with Crippen molar-refractivity contribution < 1.29 is 0 Å². The minimum absolute atomic E-state index is 0.445. The molecule has 0 nitrogen and oxygen atoms in total. The van der Waals surface area contributed by atoms with Gasteiger partial charge in [0.1, 0.15) is 0 Å². The third-order valence-corrected chi connectivity index (χ3v) is 5.09. The molecule has 4 fully saturated rings. The summed E-state index contributed by atoms with van der Waals surface area (Å²) in [6, 6.07) is 0. The van der Waals surface area contributed by atoms with E-state index in [1.165, 1.54) is 38.5 Å². The quantitative estimate of drug-likeness (QED) is 0.383. The van der Waals surface area contributed by atoms with E-state index < -0.39 is 0 Å². The Morgan fingerprint density at radius 1 is 1.00 bits per heavy atom. The summed E-state index contributed by atoms with van der Waals surface area (Å²) in [5.74, 6) is 10.9. The van der Waals surface area contributed by atoms with Crippen LogP contribution in [0, 0.1) is 35.0 Å². The minimum Gasteiger partial charge on any atom is -0.127 e. The van der Waals surface area contributed by atoms with Crippen LogP contribution in [-0.4, -0.2) is 5.88 Å². The van der Waals surface area contributed by atoms with Crippen molar-refractivity contribution in [2.24, 2.45) is 23.2 Å². The number of alkyl halides is 1. The molecule has 4 aliphatic carbocycles. The van der Waals surface area contributed by atoms with E-state index in [1.807, 2.05) is 0 Å². The highest BCUT2D eigenvalue weighted by Gasteiger charge is 2.50. The van der Waals surface area contributed by atoms with E-state index in [9.17, 15) is 0 Å². The van der Waals surface area contributed by atoms with Crippen molar-refractivity contribution in [3.8, 4) is 11.8 Å². The molecule has 0 radical (unpaired) electrons. The largest absolute Gasteiger partial charge is 0.127 e. The predicted octanol–water partition coefficient (Wildman–Crippen LogP) is 4.23. The molecule has 0 unspecified atom stereocenters. The third kappa shape index (κ3) is 2.00. The van der Waals surface area contributed by atoms with E-state index in [-0.39, 0.29) is 0 Å². The van der Waals surface area contributed by atoms with Crippen molar-refractivity contribution in [3.05, 3.63) is 0 Å². The lowest BCUT2D eigenvalue weighted by Crippen LogP contribution is -2.45. The molecule has 0 atom stereocenters. The Hall–Kier alpha value is -0.150. The lowest BCUT2D eigenvalue weighted by molar-refractivity contribution is -0.0181. The van der Waals surface area contributed by atoms with Crippen LogP contribution in [-0.2, 0) is 0 Å². The van der Waals surface area contributed by atoms with Crippen molar-refractivity contribution in [1.82, 2.24) is 0 Å². The first kappa shape index (κ1) is 11.0. The fourth-order valence-electron chi connectivity index (χ4n) is 4.67. The number of hydrogen-bond donors (Lipinski definition) is 0. The second-order valence-corrected chi connectivity index (χ2v) is 6.67. The van der Waals surface area contributed by atoms with Gasteiger partial charge in [0.15, 0.2) is 0 Å². The van der Waals surface area contributed by atoms with Gasteiger partial charge in [0.2, 0.25) is 0 Å². The topological polar surface area (TPSA) is 0 Å². The second-order valence-electron chi connectivity index (χ2n) is 6.29. The molecule has 88 valence electrons. The van der Waals surface area contributed by atoms with Gasteiger partial charge in [-0.3, -0.25) is 0 Å². The summed E-state index contributed by atoms with van der Waals surface area (Å²) < 4.78 is 0. The smallest absolute Gasteiger partial charge is 0.0322 e. The first-order valence-electron chi connectivity index (χ1n) is 6.86. The molecule has 16 heavy (non-hydrogen) atoms. The number of unbranched alkanes of at least 4 members (excludes halogenated alkanes) is 1. The van der Waals surface area contributed by atoms with Crippen LogP contribution in [0.3, 0.4) is 0 Å². The molecule has 4 aliphatic rings. The standard InChI is InChI=1S/C15H21Cl/c16-5-3-1-2-4-15-9-12-6-13(10-15)8-14(7-12)11-15/h12-14H,1,3,5-11H2. The molecule has 0 aromatic rings. The molecule has 0 aromatic heterocycles. The van der Waals surface area contributed by atoms with Crippen LogP contribution in [0.4, 0.5) is 0 Å². The number of halogens is 1. The zero-order valence-corrected chi connectivity index (χ0v) is 10.7. The molecule has 1 heteroatoms. The van der Waals surface area contributed by atoms with Crippen molar-refractivity contribution in [3.63, 3.8) is 0 Å². The van der Waals surface area contributed by atoms with E-state index in [4.69, 9.17) is 11.6 Å². The highest BCUT2D eigenvalue weighted by molar-refractivity contribution is 6.17. The lowest BCUT2D eigenvalue weighted by Gasteiger charge is -2.54. The molecular formula is C15H21Cl. The van der Waals surface area contributed by atoms with Crippen molar-refractivity contribution >= 4 is 11.6 Å². The maximum Gasteiger partial charge on any atom is 0.0322 e. The Kier molecular flexibility index (Phi) is 2.92. The Bertz CT molecular complexity index is 285. The summed E-state index contributed by atoms with van der Waals surface area (Å²) in [6.07, 6.45) is 10.8. The monoisotopic (exact) mass is 236 g/mol. The van der Waals surface area contributed by atoms with Gasteiger partial charge in [-0.1, -0.05) is 5.92 Å². The Morgan fingerprint density at radius 3 is 2.06 bits per heavy atom. The van der Waals surface area contributed by atoms with Crippen LogP contribution in [0.15, 0.2) is 0 Å². The van der Waals surface area contributed by atoms with Crippen LogP contribution in [0.25, 0.3) is 0 Å². The predicted molar refractivity (Wildman–Crippen MR) is 68.3 cm³/mol. The maximum atomic E-state index is 5.69. The summed E-state index contributed by atoms with van der Waals surface area (Å²) in [5.41, 5.74) is 0.445. The van der Waals surface area contributed by atoms with E-state index in [2.05, 4.69) is 11.8 Å². The number of rotatable bonds is 2. The molecule has 0 spiro atoms. The van der Waals surface area contributed by atoms with Crippen LogP contribution < -0.4 is 0 Å². The molecule has 0 amide bonds. The summed E-state index contributed by atoms with van der Waals surface area (Å²) in [4.78, 5) is 0. The van der Waals surface area contributed by atoms with Crippen LogP contribution in [0.2, 0.25) is 0 Å². The van der Waals surface area contributed by atoms with Crippen molar-refractivity contribution in [2.75, 3.05) is 5.88 Å². The molecule has 0 saturated heterocycles. The SMILES string of the molecule is ClCCCC#CC12CC3CC(CC(C3)C1)C2. The third-order valence-electron chi connectivity index (χ3n) is 4.83. The first-order chi connectivity index (χ1) is 7.80. The molecule has 0 heterocycles. The van der Waals surface area contributed by atoms with Gasteiger partial charge in [0.05, 0.1) is 0 Å². The van der Waals surface area contributed by atoms with Gasteiger partial charge in [-0.2, -0.15) is 0 Å². The zero-order chi connectivity index (χ0) is 11.0. The molecule has 4 rings (SSSR count). The summed E-state index contributed by atoms with van der Waals surface area (Å²) >= 11 is 5.69. The fourth-order valence-corrected chi connectivity index (χ4v) is 4.80. The van der Waals surface area contributed by atoms with Crippen molar-refractivity contribution in [1.29, 1.82) is 0 Å². The molecule has 4 bridgehead atoms. The molecule has 4 saturated carbocycles. The normalized spacial score (nSPS) is 44.2. The molecule has 0 N–H and O–H groups in total. The van der Waals surface area contributed by atoms with E-state index in [1.54, 1.807) is 0 Å². The Labute approximate surface area is 104 Å². The van der Waals surface area contributed by atoms with Crippen LogP contribution in [0.1, 0.15) is 51.4 Å². The van der Waals surface area contributed by atoms with Gasteiger partial charge >= 0.3 is 0 Å². The maximum absolute atomic E-state index is 5.69. The van der Waals surface area contributed by atoms with Gasteiger partial charge < -0.3 is 0 Å². The molecular weight excluding hydrogens is 216 g/mol. The highest BCUT2D eigenvalue weighted by atomic mass is 35.5. The average Bonchev–Trinajstić information content (AvgIpc) is 2.22. The summed E-state index contributed by atoms with van der Waals surface area (Å²) in [7, 11) is 0. The Balaban J connectivity index is 1.70. The Morgan fingerprint density at radius 2 is 1.56 bits per heavy atom. The van der Waals surface area contributed by atoms with Gasteiger partial charge in [0.25, 0.3) is 0 Å². The highest BCUT2D eigenvalue weighted by Crippen LogP contribution is 2.59. The minimum atomic E-state index is 0.445. The van der Waals surface area contributed by atoms with Crippen molar-refractivity contribution in [2.45, 2.75) is 51.4 Å². The van der Waals surface area contributed by atoms with Gasteiger partial charge in [-0.15, -0.1) is 17.5 Å². The van der Waals surface area contributed by atoms with Crippen LogP contribution in [0.5, 0.6) is 0 Å². The summed E-state index contributed by atoms with van der Waals surface area (Å²) in [5, 5.41) is 0. The fraction of sp³-hybridized carbons (Fsp3) is 0.867. The lowest BCUT2D eigenvalue weighted by atomic mass is 9.50. The average molecular weight is 237 g/mol. The summed E-state index contributed by atoms with van der Waals surface area (Å²) in [6.45, 7) is 0. The molecule has 0 aromatic carbocycles. The van der Waals surface area contributed by atoms with Gasteiger partial charge in [0, 0.05) is 17.7 Å². The number of hydrogen-bond acceptors (Lipinski definition) is 0. The van der Waals surface area contributed by atoms with E-state index in [0.717, 1.165) is 36.5 Å².